The highest BCUT2D eigenvalue weighted by atomic mass is 35.5. The van der Waals surface area contributed by atoms with Gasteiger partial charge in [0.2, 0.25) is 5.91 Å². The van der Waals surface area contributed by atoms with E-state index in [0.717, 1.165) is 16.6 Å². The number of benzene rings is 2. The molecule has 28 heavy (non-hydrogen) atoms. The van der Waals surface area contributed by atoms with E-state index in [4.69, 9.17) is 25.8 Å². The van der Waals surface area contributed by atoms with Gasteiger partial charge in [0.05, 0.1) is 31.2 Å². The van der Waals surface area contributed by atoms with E-state index in [1.165, 1.54) is 0 Å². The maximum Gasteiger partial charge on any atom is 0.246 e. The van der Waals surface area contributed by atoms with Crippen LogP contribution in [0.2, 0.25) is 5.02 Å². The number of anilines is 1. The molecule has 0 radical (unpaired) electrons. The van der Waals surface area contributed by atoms with Crippen molar-refractivity contribution >= 4 is 42.2 Å². The van der Waals surface area contributed by atoms with Gasteiger partial charge in [0.15, 0.2) is 0 Å². The van der Waals surface area contributed by atoms with E-state index in [0.29, 0.717) is 48.6 Å². The first-order valence-corrected chi connectivity index (χ1v) is 9.41. The first kappa shape index (κ1) is 20.4. The zero-order valence-electron chi connectivity index (χ0n) is 16.0. The van der Waals surface area contributed by atoms with Crippen LogP contribution >= 0.6 is 11.6 Å². The number of methoxy groups -OCH3 is 1. The molecule has 0 unspecified atom stereocenters. The molecule has 0 saturated carbocycles. The Bertz CT molecular complexity index is 889. The summed E-state index contributed by atoms with van der Waals surface area (Å²) in [6.07, 6.45) is 0. The van der Waals surface area contributed by atoms with Crippen LogP contribution in [0.4, 0.5) is 5.69 Å². The number of hydrogen-bond donors (Lipinski definition) is 1. The molecule has 1 aliphatic heterocycles. The molecular weight excluding hydrogens is 378 g/mol. The SMILES string of the molecule is Bc1cc2c(cc1OCCOCCOC)NC(=O)CN=C2c1ccccc1Cl. The summed E-state index contributed by atoms with van der Waals surface area (Å²) >= 11 is 6.37. The number of hydrogen-bond acceptors (Lipinski definition) is 5. The van der Waals surface area contributed by atoms with Crippen LogP contribution in [0.1, 0.15) is 11.1 Å². The molecular formula is C20H22BClN2O4. The third kappa shape index (κ3) is 4.92. The molecule has 0 aliphatic carbocycles. The van der Waals surface area contributed by atoms with E-state index in [2.05, 4.69) is 10.3 Å². The first-order valence-electron chi connectivity index (χ1n) is 9.04. The van der Waals surface area contributed by atoms with Gasteiger partial charge in [0.25, 0.3) is 0 Å². The van der Waals surface area contributed by atoms with Crippen LogP contribution in [-0.2, 0) is 14.3 Å². The number of benzodiazepines with no additional fused rings is 1. The number of carbonyl (C=O) groups is 1. The van der Waals surface area contributed by atoms with Gasteiger partial charge in [-0.3, -0.25) is 9.79 Å². The number of aliphatic imine (C=N–C) groups is 1. The second-order valence-electron chi connectivity index (χ2n) is 6.31. The Morgan fingerprint density at radius 1 is 1.14 bits per heavy atom. The molecule has 0 aromatic heterocycles. The predicted octanol–water partition coefficient (Wildman–Crippen LogP) is 1.43. The lowest BCUT2D eigenvalue weighted by molar-refractivity contribution is -0.114. The van der Waals surface area contributed by atoms with E-state index in [-0.39, 0.29) is 12.5 Å². The molecule has 0 spiro atoms. The first-order chi connectivity index (χ1) is 13.6. The molecule has 0 atom stereocenters. The van der Waals surface area contributed by atoms with Gasteiger partial charge in [-0.15, -0.1) is 0 Å². The van der Waals surface area contributed by atoms with Gasteiger partial charge in [-0.2, -0.15) is 0 Å². The molecule has 0 fully saturated rings. The number of rotatable bonds is 8. The Hall–Kier alpha value is -2.35. The summed E-state index contributed by atoms with van der Waals surface area (Å²) in [5, 5.41) is 3.49. The molecule has 0 saturated heterocycles. The van der Waals surface area contributed by atoms with E-state index < -0.39 is 0 Å². The van der Waals surface area contributed by atoms with Crippen molar-refractivity contribution in [3.05, 3.63) is 52.5 Å². The van der Waals surface area contributed by atoms with Crippen LogP contribution in [0, 0.1) is 0 Å². The fraction of sp³-hybridized carbons (Fsp3) is 0.300. The molecule has 2 aromatic rings. The molecule has 1 heterocycles. The Morgan fingerprint density at radius 2 is 1.93 bits per heavy atom. The van der Waals surface area contributed by atoms with Crippen LogP contribution < -0.4 is 15.5 Å². The number of halogens is 1. The minimum Gasteiger partial charge on any atom is -0.492 e. The molecule has 3 rings (SSSR count). The van der Waals surface area contributed by atoms with Gasteiger partial charge >= 0.3 is 0 Å². The largest absolute Gasteiger partial charge is 0.492 e. The minimum absolute atomic E-state index is 0.0395. The standard InChI is InChI=1S/C20H22BClN2O4/c1-26-6-7-27-8-9-28-18-11-17-14(10-15(18)21)20(23-12-19(25)24-17)13-4-2-3-5-16(13)22/h2-5,10-11H,6-9,12,21H2,1H3,(H,24,25). The Kier molecular flexibility index (Phi) is 7.09. The monoisotopic (exact) mass is 400 g/mol. The zero-order valence-corrected chi connectivity index (χ0v) is 16.7. The van der Waals surface area contributed by atoms with E-state index in [1.807, 2.05) is 44.2 Å². The number of fused-ring (bicyclic) bond motifs is 1. The molecule has 1 amide bonds. The van der Waals surface area contributed by atoms with Crippen LogP contribution in [0.5, 0.6) is 5.75 Å². The van der Waals surface area contributed by atoms with Gasteiger partial charge in [-0.25, -0.2) is 0 Å². The second kappa shape index (κ2) is 9.73. The lowest BCUT2D eigenvalue weighted by Crippen LogP contribution is -2.18. The van der Waals surface area contributed by atoms with Crippen LogP contribution in [0.3, 0.4) is 0 Å². The maximum absolute atomic E-state index is 12.1. The van der Waals surface area contributed by atoms with Crippen LogP contribution in [0.25, 0.3) is 0 Å². The van der Waals surface area contributed by atoms with E-state index in [1.54, 1.807) is 7.11 Å². The Morgan fingerprint density at radius 3 is 2.71 bits per heavy atom. The number of nitrogens with one attached hydrogen (secondary N) is 1. The van der Waals surface area contributed by atoms with Crippen molar-refractivity contribution in [3.63, 3.8) is 0 Å². The van der Waals surface area contributed by atoms with Gasteiger partial charge in [0, 0.05) is 29.3 Å². The fourth-order valence-electron chi connectivity index (χ4n) is 2.91. The van der Waals surface area contributed by atoms with Crippen molar-refractivity contribution in [1.29, 1.82) is 0 Å². The number of nitrogens with zero attached hydrogens (tertiary/aromatic N) is 1. The second-order valence-corrected chi connectivity index (χ2v) is 6.72. The summed E-state index contributed by atoms with van der Waals surface area (Å²) in [6, 6.07) is 11.3. The lowest BCUT2D eigenvalue weighted by atomic mass is 9.89. The lowest BCUT2D eigenvalue weighted by Gasteiger charge is -2.16. The van der Waals surface area contributed by atoms with E-state index >= 15 is 0 Å². The summed E-state index contributed by atoms with van der Waals surface area (Å²) in [6.45, 7) is 1.98. The van der Waals surface area contributed by atoms with Gasteiger partial charge in [-0.05, 0) is 11.5 Å². The molecule has 1 aliphatic rings. The molecule has 8 heteroatoms. The highest BCUT2D eigenvalue weighted by molar-refractivity contribution is 6.38. The minimum atomic E-state index is -0.180. The summed E-state index contributed by atoms with van der Waals surface area (Å²) in [5.74, 6) is 0.510. The highest BCUT2D eigenvalue weighted by Crippen LogP contribution is 2.28. The van der Waals surface area contributed by atoms with Gasteiger partial charge in [-0.1, -0.05) is 35.9 Å². The fourth-order valence-corrected chi connectivity index (χ4v) is 3.13. The van der Waals surface area contributed by atoms with Crippen molar-refractivity contribution in [2.75, 3.05) is 45.4 Å². The summed E-state index contributed by atoms with van der Waals surface area (Å²) < 4.78 is 16.2. The quantitative estimate of drug-likeness (QED) is 0.538. The normalized spacial score (nSPS) is 13.4. The number of ether oxygens (including phenoxy) is 3. The zero-order chi connectivity index (χ0) is 19.9. The molecule has 0 bridgehead atoms. The number of amides is 1. The van der Waals surface area contributed by atoms with E-state index in [9.17, 15) is 4.79 Å². The van der Waals surface area contributed by atoms with Crippen molar-refractivity contribution < 1.29 is 19.0 Å². The average Bonchev–Trinajstić information content (AvgIpc) is 2.83. The summed E-state index contributed by atoms with van der Waals surface area (Å²) in [4.78, 5) is 16.6. The summed E-state index contributed by atoms with van der Waals surface area (Å²) in [5.41, 5.74) is 3.90. The Labute approximate surface area is 170 Å². The van der Waals surface area contributed by atoms with Gasteiger partial charge < -0.3 is 19.5 Å². The molecule has 1 N–H and O–H groups in total. The van der Waals surface area contributed by atoms with Crippen molar-refractivity contribution in [2.45, 2.75) is 0 Å². The topological polar surface area (TPSA) is 69.2 Å². The summed E-state index contributed by atoms with van der Waals surface area (Å²) in [7, 11) is 3.59. The smallest absolute Gasteiger partial charge is 0.246 e. The maximum atomic E-state index is 12.1. The third-order valence-corrected chi connectivity index (χ3v) is 4.60. The van der Waals surface area contributed by atoms with Crippen molar-refractivity contribution in [3.8, 4) is 5.75 Å². The molecule has 6 nitrogen and oxygen atoms in total. The number of carbonyl (C=O) groups excluding carboxylic acids is 1. The van der Waals surface area contributed by atoms with Gasteiger partial charge in [0.1, 0.15) is 26.7 Å². The van der Waals surface area contributed by atoms with Crippen LogP contribution in [-0.4, -0.2) is 59.5 Å². The van der Waals surface area contributed by atoms with Crippen molar-refractivity contribution in [2.24, 2.45) is 4.99 Å². The Balaban J connectivity index is 1.84. The van der Waals surface area contributed by atoms with Crippen molar-refractivity contribution in [1.82, 2.24) is 0 Å². The third-order valence-electron chi connectivity index (χ3n) is 4.27. The predicted molar refractivity (Wildman–Crippen MR) is 113 cm³/mol. The van der Waals surface area contributed by atoms with Crippen LogP contribution in [0.15, 0.2) is 41.4 Å². The highest BCUT2D eigenvalue weighted by Gasteiger charge is 2.21. The molecule has 146 valence electrons. The molecule has 2 aromatic carbocycles. The average molecular weight is 401 g/mol.